The molecule has 0 radical (unpaired) electrons. The van der Waals surface area contributed by atoms with Crippen LogP contribution in [0.1, 0.15) is 23.2 Å². The number of nitrogens with zero attached hydrogens (tertiary/aromatic N) is 1. The number of benzene rings is 1. The number of amides is 2. The molecule has 1 fully saturated rings. The molecule has 1 saturated heterocycles. The van der Waals surface area contributed by atoms with Crippen molar-refractivity contribution in [3.63, 3.8) is 0 Å². The molecule has 1 atom stereocenters. The summed E-state index contributed by atoms with van der Waals surface area (Å²) >= 11 is 0. The Kier molecular flexibility index (Phi) is 3.87. The van der Waals surface area contributed by atoms with Gasteiger partial charge in [0.15, 0.2) is 0 Å². The van der Waals surface area contributed by atoms with E-state index in [-0.39, 0.29) is 5.91 Å². The molecular weight excluding hydrogens is 247 g/mol. The first-order valence-corrected chi connectivity index (χ1v) is 6.07. The molecule has 1 unspecified atom stereocenters. The molecule has 0 spiro atoms. The van der Waals surface area contributed by atoms with Gasteiger partial charge in [0, 0.05) is 12.1 Å². The highest BCUT2D eigenvalue weighted by Gasteiger charge is 2.33. The van der Waals surface area contributed by atoms with E-state index < -0.39 is 19.1 Å². The Labute approximate surface area is 111 Å². The van der Waals surface area contributed by atoms with Crippen LogP contribution in [0.15, 0.2) is 24.3 Å². The quantitative estimate of drug-likeness (QED) is 0.574. The SMILES string of the molecule is NC(=O)C1CCCN1C(=O)c1ccc(B(O)O)cc1. The molecule has 2 amide bonds. The maximum absolute atomic E-state index is 12.2. The number of likely N-dealkylation sites (tertiary alicyclic amines) is 1. The molecular formula is C12H15BN2O4. The number of hydrogen-bond acceptors (Lipinski definition) is 4. The standard InChI is InChI=1S/C12H15BN2O4/c14-11(16)10-2-1-7-15(10)12(17)8-3-5-9(6-4-8)13(18)19/h3-6,10,18-19H,1-2,7H2,(H2,14,16). The fourth-order valence-electron chi connectivity index (χ4n) is 2.27. The Balaban J connectivity index is 2.17. The third-order valence-electron chi connectivity index (χ3n) is 3.30. The molecule has 0 bridgehead atoms. The summed E-state index contributed by atoms with van der Waals surface area (Å²) in [5, 5.41) is 18.0. The molecule has 1 aromatic carbocycles. The van der Waals surface area contributed by atoms with Gasteiger partial charge in [0.05, 0.1) is 0 Å². The van der Waals surface area contributed by atoms with Crippen molar-refractivity contribution in [2.45, 2.75) is 18.9 Å². The zero-order valence-corrected chi connectivity index (χ0v) is 10.3. The summed E-state index contributed by atoms with van der Waals surface area (Å²) < 4.78 is 0. The highest BCUT2D eigenvalue weighted by molar-refractivity contribution is 6.58. The van der Waals surface area contributed by atoms with E-state index in [2.05, 4.69) is 0 Å². The maximum Gasteiger partial charge on any atom is 0.488 e. The van der Waals surface area contributed by atoms with Crippen LogP contribution in [0, 0.1) is 0 Å². The Hall–Kier alpha value is -1.86. The minimum Gasteiger partial charge on any atom is -0.423 e. The van der Waals surface area contributed by atoms with E-state index in [0.717, 1.165) is 6.42 Å². The van der Waals surface area contributed by atoms with Crippen molar-refractivity contribution in [1.82, 2.24) is 4.90 Å². The highest BCUT2D eigenvalue weighted by atomic mass is 16.4. The molecule has 4 N–H and O–H groups in total. The normalized spacial score (nSPS) is 18.4. The minimum atomic E-state index is -1.56. The van der Waals surface area contributed by atoms with Crippen LogP contribution in [0.2, 0.25) is 0 Å². The van der Waals surface area contributed by atoms with Crippen molar-refractivity contribution in [3.8, 4) is 0 Å². The van der Waals surface area contributed by atoms with Gasteiger partial charge in [0.2, 0.25) is 5.91 Å². The molecule has 0 saturated carbocycles. The van der Waals surface area contributed by atoms with Crippen LogP contribution in [-0.4, -0.2) is 46.5 Å². The molecule has 1 aliphatic heterocycles. The first-order chi connectivity index (χ1) is 9.00. The van der Waals surface area contributed by atoms with Crippen LogP contribution < -0.4 is 11.2 Å². The lowest BCUT2D eigenvalue weighted by atomic mass is 9.80. The molecule has 6 nitrogen and oxygen atoms in total. The topological polar surface area (TPSA) is 104 Å². The van der Waals surface area contributed by atoms with Crippen LogP contribution in [0.25, 0.3) is 0 Å². The van der Waals surface area contributed by atoms with Gasteiger partial charge in [-0.2, -0.15) is 0 Å². The second-order valence-electron chi connectivity index (χ2n) is 4.55. The Morgan fingerprint density at radius 1 is 1.26 bits per heavy atom. The van der Waals surface area contributed by atoms with Crippen molar-refractivity contribution in [2.75, 3.05) is 6.54 Å². The van der Waals surface area contributed by atoms with Crippen molar-refractivity contribution in [3.05, 3.63) is 29.8 Å². The predicted octanol–water partition coefficient (Wildman–Crippen LogP) is -1.54. The largest absolute Gasteiger partial charge is 0.488 e. The number of rotatable bonds is 3. The first-order valence-electron chi connectivity index (χ1n) is 6.07. The maximum atomic E-state index is 12.2. The summed E-state index contributed by atoms with van der Waals surface area (Å²) in [6, 6.07) is 5.40. The van der Waals surface area contributed by atoms with Gasteiger partial charge < -0.3 is 20.7 Å². The van der Waals surface area contributed by atoms with Gasteiger partial charge in [-0.1, -0.05) is 12.1 Å². The zero-order chi connectivity index (χ0) is 14.0. The van der Waals surface area contributed by atoms with E-state index in [4.69, 9.17) is 15.8 Å². The van der Waals surface area contributed by atoms with Crippen LogP contribution in [-0.2, 0) is 4.79 Å². The van der Waals surface area contributed by atoms with E-state index in [0.29, 0.717) is 24.0 Å². The Morgan fingerprint density at radius 2 is 1.89 bits per heavy atom. The molecule has 1 heterocycles. The smallest absolute Gasteiger partial charge is 0.423 e. The first kappa shape index (κ1) is 13.6. The Morgan fingerprint density at radius 3 is 2.42 bits per heavy atom. The van der Waals surface area contributed by atoms with Crippen LogP contribution in [0.3, 0.4) is 0 Å². The lowest BCUT2D eigenvalue weighted by Gasteiger charge is -2.22. The molecule has 100 valence electrons. The van der Waals surface area contributed by atoms with Crippen molar-refractivity contribution in [1.29, 1.82) is 0 Å². The summed E-state index contributed by atoms with van der Waals surface area (Å²) in [5.41, 5.74) is 5.98. The second-order valence-corrected chi connectivity index (χ2v) is 4.55. The number of primary amides is 1. The average molecular weight is 262 g/mol. The number of nitrogens with two attached hydrogens (primary N) is 1. The zero-order valence-electron chi connectivity index (χ0n) is 10.3. The van der Waals surface area contributed by atoms with Gasteiger partial charge in [-0.05, 0) is 30.4 Å². The van der Waals surface area contributed by atoms with E-state index in [9.17, 15) is 9.59 Å². The summed E-state index contributed by atoms with van der Waals surface area (Å²) in [5.74, 6) is -0.756. The minimum absolute atomic E-state index is 0.264. The predicted molar refractivity (Wildman–Crippen MR) is 69.5 cm³/mol. The molecule has 1 aliphatic rings. The summed E-state index contributed by atoms with van der Waals surface area (Å²) in [7, 11) is -1.56. The molecule has 7 heteroatoms. The van der Waals surface area contributed by atoms with Crippen molar-refractivity contribution < 1.29 is 19.6 Å². The van der Waals surface area contributed by atoms with Crippen LogP contribution >= 0.6 is 0 Å². The van der Waals surface area contributed by atoms with Gasteiger partial charge in [-0.25, -0.2) is 0 Å². The molecule has 2 rings (SSSR count). The third kappa shape index (κ3) is 2.77. The van der Waals surface area contributed by atoms with Gasteiger partial charge >= 0.3 is 7.12 Å². The van der Waals surface area contributed by atoms with E-state index in [1.165, 1.54) is 29.2 Å². The molecule has 0 aliphatic carbocycles. The fourth-order valence-corrected chi connectivity index (χ4v) is 2.27. The lowest BCUT2D eigenvalue weighted by molar-refractivity contribution is -0.121. The third-order valence-corrected chi connectivity index (χ3v) is 3.30. The average Bonchev–Trinajstić information content (AvgIpc) is 2.87. The number of hydrogen-bond donors (Lipinski definition) is 3. The summed E-state index contributed by atoms with van der Waals surface area (Å²) in [6.45, 7) is 0.511. The molecule has 0 aromatic heterocycles. The Bertz CT molecular complexity index is 489. The van der Waals surface area contributed by atoms with Crippen molar-refractivity contribution >= 4 is 24.4 Å². The van der Waals surface area contributed by atoms with Gasteiger partial charge in [0.25, 0.3) is 5.91 Å². The number of carbonyl (C=O) groups excluding carboxylic acids is 2. The van der Waals surface area contributed by atoms with Gasteiger partial charge in [-0.15, -0.1) is 0 Å². The number of carbonyl (C=O) groups is 2. The van der Waals surface area contributed by atoms with Gasteiger partial charge in [0.1, 0.15) is 6.04 Å². The van der Waals surface area contributed by atoms with Gasteiger partial charge in [-0.3, -0.25) is 9.59 Å². The highest BCUT2D eigenvalue weighted by Crippen LogP contribution is 2.19. The molecule has 1 aromatic rings. The van der Waals surface area contributed by atoms with Crippen LogP contribution in [0.5, 0.6) is 0 Å². The van der Waals surface area contributed by atoms with E-state index in [1.54, 1.807) is 0 Å². The van der Waals surface area contributed by atoms with Crippen molar-refractivity contribution in [2.24, 2.45) is 5.73 Å². The lowest BCUT2D eigenvalue weighted by Crippen LogP contribution is -2.43. The van der Waals surface area contributed by atoms with Crippen LogP contribution in [0.4, 0.5) is 0 Å². The fraction of sp³-hybridized carbons (Fsp3) is 0.333. The monoisotopic (exact) mass is 262 g/mol. The summed E-state index contributed by atoms with van der Waals surface area (Å²) in [6.07, 6.45) is 1.35. The summed E-state index contributed by atoms with van der Waals surface area (Å²) in [4.78, 5) is 25.0. The van der Waals surface area contributed by atoms with E-state index >= 15 is 0 Å². The second kappa shape index (κ2) is 5.42. The molecule has 19 heavy (non-hydrogen) atoms. The van der Waals surface area contributed by atoms with E-state index in [1.807, 2.05) is 0 Å².